The Morgan fingerprint density at radius 3 is 2.35 bits per heavy atom. The molecule has 0 saturated heterocycles. The number of carbonyl (C=O) groups excluding carboxylic acids is 1. The molecule has 0 saturated carbocycles. The highest BCUT2D eigenvalue weighted by atomic mass is 35.5. The molecular weight excluding hydrogens is 444 g/mol. The number of sulfonamides is 1. The number of rotatable bonds is 9. The smallest absolute Gasteiger partial charge is 0.307 e. The minimum Gasteiger partial charge on any atom is -0.481 e. The van der Waals surface area contributed by atoms with Gasteiger partial charge in [-0.1, -0.05) is 23.7 Å². The average Bonchev–Trinajstić information content (AvgIpc) is 3.22. The normalized spacial score (nSPS) is 12.3. The van der Waals surface area contributed by atoms with Crippen LogP contribution in [0.1, 0.15) is 5.56 Å². The zero-order valence-electron chi connectivity index (χ0n) is 16.1. The van der Waals surface area contributed by atoms with E-state index in [0.29, 0.717) is 16.3 Å². The van der Waals surface area contributed by atoms with Crippen LogP contribution in [0.3, 0.4) is 0 Å². The summed E-state index contributed by atoms with van der Waals surface area (Å²) in [6.45, 7) is 0.00967. The third kappa shape index (κ3) is 6.38. The molecule has 0 aliphatic rings. The fraction of sp³-hybridized carbons (Fsp3) is 0.150. The van der Waals surface area contributed by atoms with Gasteiger partial charge in [-0.05, 0) is 42.0 Å². The van der Waals surface area contributed by atoms with Crippen LogP contribution in [0.2, 0.25) is 5.02 Å². The van der Waals surface area contributed by atoms with Crippen molar-refractivity contribution in [2.45, 2.75) is 23.9 Å². The summed E-state index contributed by atoms with van der Waals surface area (Å²) >= 11 is 5.82. The van der Waals surface area contributed by atoms with Crippen molar-refractivity contribution < 1.29 is 23.1 Å². The molecule has 0 spiro atoms. The molecule has 0 unspecified atom stereocenters. The molecule has 2 aromatic carbocycles. The molecule has 0 radical (unpaired) electrons. The summed E-state index contributed by atoms with van der Waals surface area (Å²) in [5.41, 5.74) is 0.976. The fourth-order valence-electron chi connectivity index (χ4n) is 2.76. The lowest BCUT2D eigenvalue weighted by Crippen LogP contribution is -2.46. The maximum absolute atomic E-state index is 12.9. The molecule has 3 aromatic rings. The fourth-order valence-corrected chi connectivity index (χ4v) is 4.07. The van der Waals surface area contributed by atoms with Crippen LogP contribution in [0.15, 0.2) is 72.1 Å². The van der Waals surface area contributed by atoms with Gasteiger partial charge < -0.3 is 15.0 Å². The van der Waals surface area contributed by atoms with Crippen LogP contribution in [0.4, 0.5) is 5.69 Å². The molecule has 0 aliphatic carbocycles. The second-order valence-corrected chi connectivity index (χ2v) is 8.79. The summed E-state index contributed by atoms with van der Waals surface area (Å²) in [6, 6.07) is 10.7. The van der Waals surface area contributed by atoms with Gasteiger partial charge in [-0.2, -0.15) is 4.72 Å². The predicted octanol–water partition coefficient (Wildman–Crippen LogP) is 2.15. The van der Waals surface area contributed by atoms with Gasteiger partial charge in [-0.3, -0.25) is 9.59 Å². The Balaban J connectivity index is 1.78. The Morgan fingerprint density at radius 2 is 1.77 bits per heavy atom. The molecule has 1 atom stereocenters. The summed E-state index contributed by atoms with van der Waals surface area (Å²) in [4.78, 5) is 27.5. The van der Waals surface area contributed by atoms with E-state index in [0.717, 1.165) is 0 Å². The van der Waals surface area contributed by atoms with Crippen LogP contribution in [0.25, 0.3) is 0 Å². The van der Waals surface area contributed by atoms with E-state index < -0.39 is 27.9 Å². The number of nitrogens with zero attached hydrogens (tertiary/aromatic N) is 2. The van der Waals surface area contributed by atoms with Crippen molar-refractivity contribution >= 4 is 39.2 Å². The second-order valence-electron chi connectivity index (χ2n) is 6.64. The number of carboxylic acid groups (broad SMARTS) is 1. The van der Waals surface area contributed by atoms with Crippen molar-refractivity contribution in [2.24, 2.45) is 0 Å². The van der Waals surface area contributed by atoms with E-state index in [1.54, 1.807) is 35.0 Å². The maximum Gasteiger partial charge on any atom is 0.307 e. The first-order valence-electron chi connectivity index (χ1n) is 9.08. The van der Waals surface area contributed by atoms with E-state index in [1.807, 2.05) is 0 Å². The maximum atomic E-state index is 12.9. The summed E-state index contributed by atoms with van der Waals surface area (Å²) in [6.07, 6.45) is 4.46. The number of anilines is 1. The number of hydrogen-bond donors (Lipinski definition) is 3. The molecule has 11 heteroatoms. The van der Waals surface area contributed by atoms with Crippen LogP contribution in [-0.4, -0.2) is 41.0 Å². The number of aliphatic carboxylic acids is 1. The Morgan fingerprint density at radius 1 is 1.10 bits per heavy atom. The van der Waals surface area contributed by atoms with Crippen LogP contribution >= 0.6 is 11.6 Å². The van der Waals surface area contributed by atoms with Gasteiger partial charge in [-0.15, -0.1) is 0 Å². The number of aromatic nitrogens is 2. The van der Waals surface area contributed by atoms with Gasteiger partial charge in [0, 0.05) is 29.6 Å². The van der Waals surface area contributed by atoms with Crippen molar-refractivity contribution in [3.8, 4) is 0 Å². The van der Waals surface area contributed by atoms with Gasteiger partial charge in [0.2, 0.25) is 15.9 Å². The third-order valence-electron chi connectivity index (χ3n) is 4.27. The first-order valence-corrected chi connectivity index (χ1v) is 10.9. The third-order valence-corrected chi connectivity index (χ3v) is 6.01. The lowest BCUT2D eigenvalue weighted by atomic mass is 10.1. The highest BCUT2D eigenvalue weighted by Crippen LogP contribution is 2.16. The van der Waals surface area contributed by atoms with Gasteiger partial charge in [0.15, 0.2) is 0 Å². The molecule has 162 valence electrons. The molecule has 9 nitrogen and oxygen atoms in total. The van der Waals surface area contributed by atoms with Crippen LogP contribution < -0.4 is 10.0 Å². The van der Waals surface area contributed by atoms with Crippen LogP contribution in [0.5, 0.6) is 0 Å². The summed E-state index contributed by atoms with van der Waals surface area (Å²) < 4.78 is 29.5. The molecule has 1 aromatic heterocycles. The van der Waals surface area contributed by atoms with Crippen molar-refractivity contribution in [1.82, 2.24) is 14.3 Å². The van der Waals surface area contributed by atoms with Crippen LogP contribution in [-0.2, 0) is 32.6 Å². The average molecular weight is 463 g/mol. The summed E-state index contributed by atoms with van der Waals surface area (Å²) in [5, 5.41) is 11.9. The first kappa shape index (κ1) is 22.5. The van der Waals surface area contributed by atoms with E-state index in [-0.39, 0.29) is 17.9 Å². The zero-order valence-corrected chi connectivity index (χ0v) is 17.7. The molecule has 0 fully saturated rings. The molecular formula is C20H19ClN4O5S. The van der Waals surface area contributed by atoms with E-state index in [4.69, 9.17) is 16.7 Å². The Labute approximate surface area is 183 Å². The number of carboxylic acids is 1. The largest absolute Gasteiger partial charge is 0.481 e. The number of hydrogen-bond acceptors (Lipinski definition) is 5. The lowest BCUT2D eigenvalue weighted by molar-refractivity contribution is -0.136. The Bertz CT molecular complexity index is 1150. The number of nitrogens with one attached hydrogen (secondary N) is 2. The minimum absolute atomic E-state index is 0.00967. The number of amides is 1. The van der Waals surface area contributed by atoms with Gasteiger partial charge in [0.25, 0.3) is 0 Å². The van der Waals surface area contributed by atoms with Crippen molar-refractivity contribution in [3.05, 3.63) is 77.8 Å². The van der Waals surface area contributed by atoms with E-state index in [1.165, 1.54) is 36.8 Å². The Hall–Kier alpha value is -3.21. The van der Waals surface area contributed by atoms with Gasteiger partial charge in [-0.25, -0.2) is 13.4 Å². The van der Waals surface area contributed by atoms with E-state index >= 15 is 0 Å². The summed E-state index contributed by atoms with van der Waals surface area (Å²) in [5.74, 6) is -1.55. The Kier molecular flexibility index (Phi) is 7.06. The topological polar surface area (TPSA) is 130 Å². The highest BCUT2D eigenvalue weighted by molar-refractivity contribution is 7.89. The van der Waals surface area contributed by atoms with Gasteiger partial charge in [0.05, 0.1) is 17.6 Å². The van der Waals surface area contributed by atoms with Crippen LogP contribution in [0, 0.1) is 0 Å². The standard InChI is InChI=1S/C20H19ClN4O5S/c21-15-3-7-17(8-4-15)31(29,30)24-18(12-25-10-9-22-13-25)20(28)23-16-5-1-14(2-6-16)11-19(26)27/h1-10,13,18,24H,11-12H2,(H,23,28)(H,26,27)/t18-/m0/s1. The molecule has 0 aliphatic heterocycles. The molecule has 31 heavy (non-hydrogen) atoms. The molecule has 0 bridgehead atoms. The van der Waals surface area contributed by atoms with Crippen molar-refractivity contribution in [1.29, 1.82) is 0 Å². The van der Waals surface area contributed by atoms with Crippen molar-refractivity contribution in [3.63, 3.8) is 0 Å². The van der Waals surface area contributed by atoms with E-state index in [2.05, 4.69) is 15.0 Å². The molecule has 3 N–H and O–H groups in total. The van der Waals surface area contributed by atoms with Crippen molar-refractivity contribution in [2.75, 3.05) is 5.32 Å². The quantitative estimate of drug-likeness (QED) is 0.446. The SMILES string of the molecule is O=C(O)Cc1ccc(NC(=O)[C@H](Cn2ccnc2)NS(=O)(=O)c2ccc(Cl)cc2)cc1. The zero-order chi connectivity index (χ0) is 22.4. The monoisotopic (exact) mass is 462 g/mol. The number of benzene rings is 2. The second kappa shape index (κ2) is 9.73. The highest BCUT2D eigenvalue weighted by Gasteiger charge is 2.26. The molecule has 1 heterocycles. The lowest BCUT2D eigenvalue weighted by Gasteiger charge is -2.19. The van der Waals surface area contributed by atoms with Gasteiger partial charge >= 0.3 is 5.97 Å². The molecule has 1 amide bonds. The molecule has 3 rings (SSSR count). The van der Waals surface area contributed by atoms with E-state index in [9.17, 15) is 18.0 Å². The minimum atomic E-state index is -4.01. The predicted molar refractivity (Wildman–Crippen MR) is 114 cm³/mol. The number of imidazole rings is 1. The van der Waals surface area contributed by atoms with Gasteiger partial charge in [0.1, 0.15) is 6.04 Å². The first-order chi connectivity index (χ1) is 14.7. The number of carbonyl (C=O) groups is 2. The number of halogens is 1. The summed E-state index contributed by atoms with van der Waals surface area (Å²) in [7, 11) is -4.01.